The van der Waals surface area contributed by atoms with E-state index >= 15 is 0 Å². The van der Waals surface area contributed by atoms with Crippen LogP contribution >= 0.6 is 0 Å². The first-order valence-corrected chi connectivity index (χ1v) is 42.1. The third-order valence-electron chi connectivity index (χ3n) is 23.7. The molecular weight excluding hydrogens is 1800 g/mol. The molecule has 0 spiro atoms. The molecule has 0 saturated carbocycles. The number of hydrogen-bond donors (Lipinski definition) is 32. The summed E-state index contributed by atoms with van der Waals surface area (Å²) in [5.41, 5.74) is 0. The molecular formula is C74H123N7O51. The van der Waals surface area contributed by atoms with E-state index in [1.54, 1.807) is 0 Å². The van der Waals surface area contributed by atoms with Crippen molar-refractivity contribution in [3.8, 4) is 0 Å². The van der Waals surface area contributed by atoms with Gasteiger partial charge in [-0.3, -0.25) is 33.6 Å². The summed E-state index contributed by atoms with van der Waals surface area (Å²) in [7, 11) is 0. The van der Waals surface area contributed by atoms with Crippen LogP contribution in [0, 0.1) is 0 Å². The molecule has 32 N–H and O–H groups in total. The Morgan fingerprint density at radius 1 is 0.197 bits per heavy atom. The zero-order chi connectivity index (χ0) is 97.4. The Hall–Kier alpha value is -5.47. The van der Waals surface area contributed by atoms with Gasteiger partial charge in [-0.25, -0.2) is 0 Å². The molecule has 58 nitrogen and oxygen atoms in total. The molecule has 10 aliphatic rings. The van der Waals surface area contributed by atoms with E-state index in [1.807, 2.05) is 0 Å². The molecule has 10 aliphatic heterocycles. The molecule has 10 saturated heterocycles. The largest absolute Gasteiger partial charge is 0.394 e. The molecule has 10 rings (SSSR count). The fraction of sp³-hybridized carbons (Fsp3) is 0.905. The zero-order valence-electron chi connectivity index (χ0n) is 71.7. The minimum absolute atomic E-state index is 0.836. The molecule has 0 bridgehead atoms. The van der Waals surface area contributed by atoms with E-state index in [1.165, 1.54) is 0 Å². The SMILES string of the molecule is CC(=O)N[C@@H]1[C@@H](O)[C@H](O[C@@H]2O[C@H](CO)[C@@H](O[C@@H]3O[C@H](CO[C@H]4O[C@H](CO[C@@H]5O[C@H](CO)[C@@H](O)[C@H](O)[C@H]5NC(C)=O)[C@@H](O[C@@H]5O[C@H](CO)[C@@H](O)[C@H](O)[C@H]5NC(C)=O)[C@H](O)[C@@H]4O[C@@H]4O[C@H](CO)[C@@H](O)[C@H](O)[C@H]4NC(C)=O)[C@@H](O[C@@H]4O[C@H](CO)[C@@H](O)[C@H](O)[C@H]4NC(C)=O)[C@H](O[C@H]4O[C@H](CO)[C@@H](O)[C@H](O)[C@@H]4O[C@@H]4O[C@H](CO)[C@@H](O)[C@H](O)[C@H]4NC(C)=O)[C@@H]3O)[C@H](O)[C@H]2NC(C)=O)[C@@H](CO)O[C@H]1O. The van der Waals surface area contributed by atoms with Crippen LogP contribution in [0.1, 0.15) is 48.5 Å². The Balaban J connectivity index is 1.17. The van der Waals surface area contributed by atoms with Gasteiger partial charge < -0.3 is 255 Å². The summed E-state index contributed by atoms with van der Waals surface area (Å²) >= 11 is 0. The number of aliphatic hydroxyl groups excluding tert-OH is 25. The van der Waals surface area contributed by atoms with Crippen molar-refractivity contribution in [2.45, 2.75) is 355 Å². The van der Waals surface area contributed by atoms with Crippen molar-refractivity contribution in [1.82, 2.24) is 37.2 Å². The molecule has 58 heteroatoms. The Morgan fingerprint density at radius 2 is 0.417 bits per heavy atom. The number of carbonyl (C=O) groups is 7. The molecule has 10 fully saturated rings. The van der Waals surface area contributed by atoms with E-state index in [4.69, 9.17) is 90.0 Å². The fourth-order valence-corrected chi connectivity index (χ4v) is 17.1. The van der Waals surface area contributed by atoms with Crippen LogP contribution in [0.4, 0.5) is 0 Å². The first-order valence-electron chi connectivity index (χ1n) is 42.1. The molecule has 0 aromatic heterocycles. The lowest BCUT2D eigenvalue weighted by atomic mass is 9.93. The zero-order valence-corrected chi connectivity index (χ0v) is 71.7. The van der Waals surface area contributed by atoms with Gasteiger partial charge in [0.1, 0.15) is 244 Å². The maximum absolute atomic E-state index is 13.5. The van der Waals surface area contributed by atoms with Gasteiger partial charge in [-0.1, -0.05) is 0 Å². The van der Waals surface area contributed by atoms with E-state index < -0.39 is 414 Å². The van der Waals surface area contributed by atoms with Crippen LogP contribution in [0.3, 0.4) is 0 Å². The second-order valence-electron chi connectivity index (χ2n) is 33.2. The maximum Gasteiger partial charge on any atom is 0.217 e. The third-order valence-corrected chi connectivity index (χ3v) is 23.7. The van der Waals surface area contributed by atoms with Crippen LogP contribution in [0.15, 0.2) is 0 Å². The van der Waals surface area contributed by atoms with Crippen molar-refractivity contribution >= 4 is 41.4 Å². The van der Waals surface area contributed by atoms with Gasteiger partial charge >= 0.3 is 0 Å². The molecule has 0 aromatic carbocycles. The van der Waals surface area contributed by atoms with Gasteiger partial charge in [-0.05, 0) is 0 Å². The number of ether oxygens (including phenoxy) is 19. The van der Waals surface area contributed by atoms with Gasteiger partial charge in [0.2, 0.25) is 41.4 Å². The third kappa shape index (κ3) is 24.9. The minimum atomic E-state index is -2.81. The van der Waals surface area contributed by atoms with Crippen molar-refractivity contribution in [1.29, 1.82) is 0 Å². The smallest absolute Gasteiger partial charge is 0.217 e. The summed E-state index contributed by atoms with van der Waals surface area (Å²) in [4.78, 5) is 90.9. The van der Waals surface area contributed by atoms with Crippen molar-refractivity contribution in [2.75, 3.05) is 66.1 Å². The van der Waals surface area contributed by atoms with Gasteiger partial charge in [0, 0.05) is 48.5 Å². The number of amides is 7. The molecule has 132 heavy (non-hydrogen) atoms. The Bertz CT molecular complexity index is 3700. The van der Waals surface area contributed by atoms with Crippen LogP contribution in [-0.4, -0.2) is 542 Å². The van der Waals surface area contributed by atoms with E-state index in [9.17, 15) is 161 Å². The first-order chi connectivity index (χ1) is 62.4. The highest BCUT2D eigenvalue weighted by atomic mass is 16.8. The van der Waals surface area contributed by atoms with E-state index in [0.717, 1.165) is 48.5 Å². The van der Waals surface area contributed by atoms with Crippen LogP contribution in [0.5, 0.6) is 0 Å². The lowest BCUT2D eigenvalue weighted by Crippen LogP contribution is -2.71. The fourth-order valence-electron chi connectivity index (χ4n) is 17.1. The lowest BCUT2D eigenvalue weighted by molar-refractivity contribution is -0.409. The van der Waals surface area contributed by atoms with Gasteiger partial charge in [0.25, 0.3) is 0 Å². The number of carbonyl (C=O) groups excluding carboxylic acids is 7. The number of nitrogens with one attached hydrogen (secondary N) is 7. The first kappa shape index (κ1) is 109. The Morgan fingerprint density at radius 3 is 0.765 bits per heavy atom. The van der Waals surface area contributed by atoms with Crippen molar-refractivity contribution < 1.29 is 251 Å². The molecule has 0 aromatic rings. The number of aliphatic hydroxyl groups is 25. The standard InChI is InChI=1S/C74H123N7O51/c1-18(90)75-35-53(108)58(31(14-88)116-65(35)113)126-71-41(81-24(7)96)54(109)59(32(15-89)123-71)128-72-57(112)62(130-74-63(55(110)47(102)30(13-87)122-74)131-69-39(79-22(5)94)51(106)45(100)28(11-85)120-69)61(129-68-38(78-21(4)93)50(105)44(99)27(10-84)119-68)34(124-72)17-115-73-64(132-70-40(80-23(6)95)52(107)46(101)29(12-86)121-70)56(111)60(127-67-37(77-20(3)92)49(104)43(98)26(9-83)118-67)33(125-73)16-114-66-36(76-19(2)91)48(103)42(97)25(8-82)117-66/h25-74,82-89,97-113H,8-17H2,1-7H3,(H,75,90)(H,76,91)(H,77,92)(H,78,93)(H,79,94)(H,80,95)(H,81,96)/t25-,26-,27-,28-,29-,30-,31-,32-,33-,34-,35-,36-,37-,38-,39-,40-,41-,42-,43-,44-,45-,46-,47-,48-,49-,50-,51-,52-,53-,54-,55+,56+,57+,58-,59-,60-,61-,62-,63+,64+,65-,66-,67+,68+,69+,70+,71+,72+,73+,74-/m1/s1. The Kier molecular flexibility index (Phi) is 39.4. The number of hydrogen-bond acceptors (Lipinski definition) is 51. The second-order valence-corrected chi connectivity index (χ2v) is 33.2. The molecule has 50 atom stereocenters. The highest BCUT2D eigenvalue weighted by molar-refractivity contribution is 5.75. The van der Waals surface area contributed by atoms with Crippen LogP contribution in [0.25, 0.3) is 0 Å². The molecule has 7 amide bonds. The summed E-state index contributed by atoms with van der Waals surface area (Å²) in [5, 5.41) is 302. The molecule has 0 radical (unpaired) electrons. The van der Waals surface area contributed by atoms with Crippen LogP contribution < -0.4 is 37.2 Å². The molecule has 0 unspecified atom stereocenters. The Labute approximate surface area is 748 Å². The van der Waals surface area contributed by atoms with Crippen LogP contribution in [-0.2, 0) is 124 Å². The molecule has 10 heterocycles. The normalized spacial score (nSPS) is 46.7. The summed E-state index contributed by atoms with van der Waals surface area (Å²) in [5.74, 6) is -6.69. The van der Waals surface area contributed by atoms with Crippen molar-refractivity contribution in [3.63, 3.8) is 0 Å². The topological polar surface area (TPSA) is 885 Å². The summed E-state index contributed by atoms with van der Waals surface area (Å²) < 4.78 is 119. The second kappa shape index (κ2) is 47.9. The number of rotatable bonds is 35. The molecule has 0 aliphatic carbocycles. The van der Waals surface area contributed by atoms with Crippen molar-refractivity contribution in [2.24, 2.45) is 0 Å². The average molecular weight is 1930 g/mol. The van der Waals surface area contributed by atoms with Gasteiger partial charge in [-0.15, -0.1) is 0 Å². The summed E-state index contributed by atoms with van der Waals surface area (Å²) in [6.45, 7) is -5.48. The van der Waals surface area contributed by atoms with E-state index in [-0.39, 0.29) is 0 Å². The highest BCUT2D eigenvalue weighted by Gasteiger charge is 2.63. The van der Waals surface area contributed by atoms with Crippen molar-refractivity contribution in [3.05, 3.63) is 0 Å². The maximum atomic E-state index is 13.5. The van der Waals surface area contributed by atoms with E-state index in [2.05, 4.69) is 37.2 Å². The van der Waals surface area contributed by atoms with Gasteiger partial charge in [-0.2, -0.15) is 0 Å². The van der Waals surface area contributed by atoms with E-state index in [0.29, 0.717) is 0 Å². The minimum Gasteiger partial charge on any atom is -0.394 e. The highest BCUT2D eigenvalue weighted by Crippen LogP contribution is 2.42. The summed E-state index contributed by atoms with van der Waals surface area (Å²) in [6.07, 6.45) is -95.7. The lowest BCUT2D eigenvalue weighted by Gasteiger charge is -2.52. The quantitative estimate of drug-likeness (QED) is 0.0280. The molecule has 760 valence electrons. The van der Waals surface area contributed by atoms with Crippen LogP contribution in [0.2, 0.25) is 0 Å². The summed E-state index contributed by atoms with van der Waals surface area (Å²) in [6, 6.07) is -13.6. The van der Waals surface area contributed by atoms with Gasteiger partial charge in [0.15, 0.2) is 62.9 Å². The van der Waals surface area contributed by atoms with Gasteiger partial charge in [0.05, 0.1) is 66.1 Å². The average Bonchev–Trinajstić information content (AvgIpc) is 0.759. The predicted octanol–water partition coefficient (Wildman–Crippen LogP) is -21.8. The monoisotopic (exact) mass is 1930 g/mol. The predicted molar refractivity (Wildman–Crippen MR) is 411 cm³/mol.